The van der Waals surface area contributed by atoms with Gasteiger partial charge in [0.15, 0.2) is 0 Å². The number of likely N-dealkylation sites (tertiary alicyclic amines) is 2. The van der Waals surface area contributed by atoms with Crippen molar-refractivity contribution in [2.24, 2.45) is 5.92 Å². The van der Waals surface area contributed by atoms with E-state index in [2.05, 4.69) is 26.9 Å². The molecule has 0 radical (unpaired) electrons. The second kappa shape index (κ2) is 6.81. The second-order valence-corrected chi connectivity index (χ2v) is 7.46. The van der Waals surface area contributed by atoms with E-state index in [4.69, 9.17) is 4.74 Å². The number of rotatable bonds is 3. The van der Waals surface area contributed by atoms with Crippen LogP contribution >= 0.6 is 0 Å². The van der Waals surface area contributed by atoms with Crippen LogP contribution in [0.3, 0.4) is 0 Å². The number of piperidine rings is 1. The van der Waals surface area contributed by atoms with Crippen LogP contribution in [0.5, 0.6) is 0 Å². The molecule has 0 N–H and O–H groups in total. The van der Waals surface area contributed by atoms with Crippen LogP contribution < -0.4 is 0 Å². The molecule has 3 saturated heterocycles. The van der Waals surface area contributed by atoms with Crippen LogP contribution in [0.2, 0.25) is 0 Å². The SMILES string of the molecule is Cc1cccc(CN2C[C@H]3CCCO[C@H]3[C@@H](N3CCCC3=O)C2)n1. The fourth-order valence-corrected chi connectivity index (χ4v) is 4.60. The number of aromatic nitrogens is 1. The van der Waals surface area contributed by atoms with Crippen molar-refractivity contribution >= 4 is 5.91 Å². The first-order valence-corrected chi connectivity index (χ1v) is 9.26. The van der Waals surface area contributed by atoms with Gasteiger partial charge in [0.25, 0.3) is 0 Å². The topological polar surface area (TPSA) is 45.7 Å². The van der Waals surface area contributed by atoms with Crippen molar-refractivity contribution < 1.29 is 9.53 Å². The average molecular weight is 329 g/mol. The Hall–Kier alpha value is -1.46. The first kappa shape index (κ1) is 16.0. The lowest BCUT2D eigenvalue weighted by Crippen LogP contribution is -2.61. The summed E-state index contributed by atoms with van der Waals surface area (Å²) in [7, 11) is 0. The monoisotopic (exact) mass is 329 g/mol. The Labute approximate surface area is 144 Å². The van der Waals surface area contributed by atoms with Crippen molar-refractivity contribution in [1.29, 1.82) is 0 Å². The van der Waals surface area contributed by atoms with Gasteiger partial charge >= 0.3 is 0 Å². The summed E-state index contributed by atoms with van der Waals surface area (Å²) in [6, 6.07) is 6.43. The minimum atomic E-state index is 0.212. The maximum Gasteiger partial charge on any atom is 0.223 e. The molecule has 3 aliphatic heterocycles. The highest BCUT2D eigenvalue weighted by Gasteiger charge is 2.44. The Morgan fingerprint density at radius 1 is 1.29 bits per heavy atom. The van der Waals surface area contributed by atoms with Crippen molar-refractivity contribution in [2.75, 3.05) is 26.2 Å². The van der Waals surface area contributed by atoms with E-state index in [1.165, 1.54) is 6.42 Å². The maximum absolute atomic E-state index is 12.3. The van der Waals surface area contributed by atoms with Gasteiger partial charge in [-0.1, -0.05) is 6.07 Å². The average Bonchev–Trinajstić information content (AvgIpc) is 3.00. The van der Waals surface area contributed by atoms with E-state index in [0.717, 1.165) is 57.0 Å². The molecule has 4 rings (SSSR count). The lowest BCUT2D eigenvalue weighted by atomic mass is 9.84. The van der Waals surface area contributed by atoms with Crippen molar-refractivity contribution in [2.45, 2.75) is 51.3 Å². The summed E-state index contributed by atoms with van der Waals surface area (Å²) in [5.41, 5.74) is 2.19. The number of pyridine rings is 1. The molecule has 0 saturated carbocycles. The van der Waals surface area contributed by atoms with Crippen LogP contribution in [0.1, 0.15) is 37.1 Å². The van der Waals surface area contributed by atoms with Crippen LogP contribution in [0.25, 0.3) is 0 Å². The molecule has 3 atom stereocenters. The van der Waals surface area contributed by atoms with Crippen LogP contribution in [-0.2, 0) is 16.1 Å². The van der Waals surface area contributed by atoms with E-state index >= 15 is 0 Å². The summed E-state index contributed by atoms with van der Waals surface area (Å²) in [5.74, 6) is 0.846. The minimum Gasteiger partial charge on any atom is -0.376 e. The van der Waals surface area contributed by atoms with Crippen LogP contribution in [0, 0.1) is 12.8 Å². The summed E-state index contributed by atoms with van der Waals surface area (Å²) in [6.45, 7) is 6.60. The summed E-state index contributed by atoms with van der Waals surface area (Å²) >= 11 is 0. The largest absolute Gasteiger partial charge is 0.376 e. The Morgan fingerprint density at radius 3 is 3.00 bits per heavy atom. The first-order chi connectivity index (χ1) is 11.7. The summed E-state index contributed by atoms with van der Waals surface area (Å²) in [4.78, 5) is 21.5. The standard InChI is InChI=1S/C19H27N3O2/c1-14-5-2-7-16(20-14)12-21-11-15-6-4-10-24-19(15)17(13-21)22-9-3-8-18(22)23/h2,5,7,15,17,19H,3-4,6,8-13H2,1H3/t15-,17+,19-/m1/s1. The van der Waals surface area contributed by atoms with Gasteiger partial charge in [-0.15, -0.1) is 0 Å². The van der Waals surface area contributed by atoms with Crippen molar-refractivity contribution in [3.8, 4) is 0 Å². The summed E-state index contributed by atoms with van der Waals surface area (Å²) in [5, 5.41) is 0. The lowest BCUT2D eigenvalue weighted by molar-refractivity contribution is -0.145. The Balaban J connectivity index is 1.52. The number of carbonyl (C=O) groups excluding carboxylic acids is 1. The number of hydrogen-bond acceptors (Lipinski definition) is 4. The molecule has 5 nitrogen and oxygen atoms in total. The number of ether oxygens (including phenoxy) is 1. The van der Waals surface area contributed by atoms with Gasteiger partial charge in [-0.2, -0.15) is 0 Å². The molecule has 3 fully saturated rings. The molecule has 3 aliphatic rings. The smallest absolute Gasteiger partial charge is 0.223 e. The van der Waals surface area contributed by atoms with E-state index in [1.54, 1.807) is 0 Å². The molecule has 1 aromatic heterocycles. The third-order valence-corrected chi connectivity index (χ3v) is 5.65. The molecule has 1 amide bonds. The third-order valence-electron chi connectivity index (χ3n) is 5.65. The van der Waals surface area contributed by atoms with Gasteiger partial charge < -0.3 is 9.64 Å². The number of fused-ring (bicyclic) bond motifs is 1. The molecule has 24 heavy (non-hydrogen) atoms. The van der Waals surface area contributed by atoms with Crippen LogP contribution in [0.15, 0.2) is 18.2 Å². The fraction of sp³-hybridized carbons (Fsp3) is 0.684. The first-order valence-electron chi connectivity index (χ1n) is 9.26. The van der Waals surface area contributed by atoms with Gasteiger partial charge in [0.1, 0.15) is 0 Å². The maximum atomic E-state index is 12.3. The molecule has 130 valence electrons. The third kappa shape index (κ3) is 3.20. The molecule has 0 bridgehead atoms. The van der Waals surface area contributed by atoms with Gasteiger partial charge in [-0.25, -0.2) is 0 Å². The van der Waals surface area contributed by atoms with Gasteiger partial charge in [0.2, 0.25) is 5.91 Å². The van der Waals surface area contributed by atoms with E-state index < -0.39 is 0 Å². The molecule has 0 unspecified atom stereocenters. The predicted molar refractivity (Wildman–Crippen MR) is 91.5 cm³/mol. The van der Waals surface area contributed by atoms with E-state index in [0.29, 0.717) is 18.2 Å². The van der Waals surface area contributed by atoms with Gasteiger partial charge in [0, 0.05) is 44.9 Å². The Kier molecular flexibility index (Phi) is 4.55. The Morgan fingerprint density at radius 2 is 2.21 bits per heavy atom. The van der Waals surface area contributed by atoms with Gasteiger partial charge in [0.05, 0.1) is 17.8 Å². The van der Waals surface area contributed by atoms with Crippen molar-refractivity contribution in [1.82, 2.24) is 14.8 Å². The number of nitrogens with zero attached hydrogens (tertiary/aromatic N) is 3. The molecule has 0 aromatic carbocycles. The normalized spacial score (nSPS) is 31.3. The van der Waals surface area contributed by atoms with Gasteiger partial charge in [-0.3, -0.25) is 14.7 Å². The van der Waals surface area contributed by atoms with E-state index in [9.17, 15) is 4.79 Å². The molecular formula is C19H27N3O2. The number of hydrogen-bond donors (Lipinski definition) is 0. The highest BCUT2D eigenvalue weighted by molar-refractivity contribution is 5.78. The quantitative estimate of drug-likeness (QED) is 0.851. The van der Waals surface area contributed by atoms with E-state index in [-0.39, 0.29) is 12.1 Å². The number of carbonyl (C=O) groups is 1. The predicted octanol–water partition coefficient (Wildman–Crippen LogP) is 1.99. The van der Waals surface area contributed by atoms with Crippen molar-refractivity contribution in [3.63, 3.8) is 0 Å². The molecule has 4 heterocycles. The number of amides is 1. The van der Waals surface area contributed by atoms with E-state index in [1.807, 2.05) is 13.0 Å². The Bertz CT molecular complexity index is 606. The molecule has 0 spiro atoms. The van der Waals surface area contributed by atoms with Crippen LogP contribution in [-0.4, -0.2) is 59.1 Å². The zero-order chi connectivity index (χ0) is 16.5. The molecule has 5 heteroatoms. The summed E-state index contributed by atoms with van der Waals surface area (Å²) < 4.78 is 6.14. The minimum absolute atomic E-state index is 0.212. The zero-order valence-corrected chi connectivity index (χ0v) is 14.5. The molecule has 0 aliphatic carbocycles. The zero-order valence-electron chi connectivity index (χ0n) is 14.5. The molecular weight excluding hydrogens is 302 g/mol. The van der Waals surface area contributed by atoms with Crippen molar-refractivity contribution in [3.05, 3.63) is 29.6 Å². The summed E-state index contributed by atoms with van der Waals surface area (Å²) in [6.07, 6.45) is 4.27. The molecule has 1 aromatic rings. The van der Waals surface area contributed by atoms with Crippen LogP contribution in [0.4, 0.5) is 0 Å². The van der Waals surface area contributed by atoms with Gasteiger partial charge in [-0.05, 0) is 44.2 Å². The highest BCUT2D eigenvalue weighted by atomic mass is 16.5. The highest BCUT2D eigenvalue weighted by Crippen LogP contribution is 2.33. The lowest BCUT2D eigenvalue weighted by Gasteiger charge is -2.48. The number of aryl methyl sites for hydroxylation is 1. The fourth-order valence-electron chi connectivity index (χ4n) is 4.60. The second-order valence-electron chi connectivity index (χ2n) is 7.46.